The molecule has 112 heavy (non-hydrogen) atoms. The predicted molar refractivity (Wildman–Crippen MR) is 463 cm³/mol. The number of ether oxygens (including phenoxy) is 4. The lowest BCUT2D eigenvalue weighted by atomic mass is 10.0. The van der Waals surface area contributed by atoms with Gasteiger partial charge >= 0.3 is 39.5 Å². The van der Waals surface area contributed by atoms with Gasteiger partial charge < -0.3 is 33.8 Å². The largest absolute Gasteiger partial charge is 0.472 e. The Morgan fingerprint density at radius 1 is 0.259 bits per heavy atom. The van der Waals surface area contributed by atoms with Gasteiger partial charge in [-0.1, -0.05) is 331 Å². The van der Waals surface area contributed by atoms with Gasteiger partial charge in [0.2, 0.25) is 0 Å². The topological polar surface area (TPSA) is 237 Å². The van der Waals surface area contributed by atoms with Crippen molar-refractivity contribution < 1.29 is 80.2 Å². The van der Waals surface area contributed by atoms with Gasteiger partial charge in [-0.05, 0) is 148 Å². The minimum atomic E-state index is -5.03. The Labute approximate surface area is 678 Å². The lowest BCUT2D eigenvalue weighted by Gasteiger charge is -2.21. The molecule has 19 heteroatoms. The van der Waals surface area contributed by atoms with Crippen LogP contribution in [0.3, 0.4) is 0 Å². The SMILES string of the molecule is CC/C=C\C/C=C\C/C=C\C/C=C\C/C=C\C/C=C\CCC(=O)O[C@H](COC(=O)CC/C=C\C/C=C\C/C=C\C/C=C\C/C=C\CCCCC)COP(=O)(O)OC[C@@H](O)COP(=O)(O)OC[C@@H](COC(=O)CCCCCCCCCCCCCCCCC)OC(=O)CCCCC/C=C\C/C=C\C/C=C\C/C=C\C/C=C\CC. The molecule has 0 aliphatic rings. The Morgan fingerprint density at radius 2 is 0.482 bits per heavy atom. The van der Waals surface area contributed by atoms with E-state index in [9.17, 15) is 43.2 Å². The second-order valence-electron chi connectivity index (χ2n) is 27.7. The highest BCUT2D eigenvalue weighted by atomic mass is 31.2. The highest BCUT2D eigenvalue weighted by Crippen LogP contribution is 2.45. The number of hydrogen-bond acceptors (Lipinski definition) is 15. The van der Waals surface area contributed by atoms with E-state index in [1.807, 2.05) is 36.5 Å². The van der Waals surface area contributed by atoms with Crippen LogP contribution in [0.25, 0.3) is 0 Å². The number of aliphatic hydroxyl groups is 1. The zero-order valence-corrected chi connectivity index (χ0v) is 71.3. The van der Waals surface area contributed by atoms with Crippen LogP contribution in [0, 0.1) is 0 Å². The number of aliphatic hydroxyl groups excluding tert-OH is 1. The number of carbonyl (C=O) groups excluding carboxylic acids is 4. The molecule has 0 spiro atoms. The molecule has 0 aliphatic carbocycles. The van der Waals surface area contributed by atoms with Gasteiger partial charge in [0.05, 0.1) is 26.4 Å². The van der Waals surface area contributed by atoms with E-state index in [0.29, 0.717) is 38.5 Å². The maximum Gasteiger partial charge on any atom is 0.472 e. The van der Waals surface area contributed by atoms with Gasteiger partial charge in [0.15, 0.2) is 12.2 Å². The van der Waals surface area contributed by atoms with Crippen LogP contribution < -0.4 is 0 Å². The number of unbranched alkanes of at least 4 members (excludes halogenated alkanes) is 20. The molecule has 0 saturated heterocycles. The fraction of sp³-hybridized carbons (Fsp3) is 0.613. The molecular formula is C93H150O17P2. The Hall–Kier alpha value is -6.10. The summed E-state index contributed by atoms with van der Waals surface area (Å²) in [6.45, 7) is 4.42. The number of phosphoric ester groups is 2. The third kappa shape index (κ3) is 81.9. The van der Waals surface area contributed by atoms with Crippen LogP contribution in [0.1, 0.15) is 310 Å². The standard InChI is InChI=1S/C93H150O17P2/c1-5-9-13-17-21-25-29-33-37-40-43-46-50-54-58-62-66-70-74-78-91(96)104-84-89(110-93(98)80-76-72-68-64-60-56-52-48-45-42-39-35-31-27-23-19-15-11-7-3)86-108-112(101,102)106-82-87(94)81-105-111(99,100)107-85-88(83-103-90(95)77-73-69-65-61-57-53-49-36-32-28-24-20-16-12-8-4)109-92(97)79-75-71-67-63-59-55-51-47-44-41-38-34-30-26-22-18-14-10-6-2/h10-11,14-15,21-23,25-27,33-35,37-39,43-48,54-56,58-60,66,68,70,72,87-89,94H,5-9,12-13,16-20,24,28-32,36,40-42,49-53,57,61-65,67,69,71,73-86H2,1-4H3,(H,99,100)(H,101,102)/b14-10-,15-11-,25-21-,26-22-,27-23-,37-33-,38-34-,39-35-,46-43-,47-44-,48-45-,58-54-,59-55-,60-56-,70-66-,72-68-/t87-,88+,89+/m0/s1. The normalized spacial score (nSPS) is 14.7. The maximum atomic E-state index is 13.1. The summed E-state index contributed by atoms with van der Waals surface area (Å²) in [4.78, 5) is 73.2. The van der Waals surface area contributed by atoms with Crippen LogP contribution >= 0.6 is 15.6 Å². The molecule has 0 heterocycles. The van der Waals surface area contributed by atoms with Gasteiger partial charge in [-0.3, -0.25) is 37.3 Å². The summed E-state index contributed by atoms with van der Waals surface area (Å²) in [5, 5.41) is 10.7. The van der Waals surface area contributed by atoms with Gasteiger partial charge in [-0.2, -0.15) is 0 Å². The lowest BCUT2D eigenvalue weighted by Crippen LogP contribution is -2.30. The summed E-state index contributed by atoms with van der Waals surface area (Å²) < 4.78 is 68.6. The molecule has 2 unspecified atom stereocenters. The van der Waals surface area contributed by atoms with Gasteiger partial charge in [0.25, 0.3) is 0 Å². The van der Waals surface area contributed by atoms with Crippen molar-refractivity contribution in [1.82, 2.24) is 0 Å². The summed E-state index contributed by atoms with van der Waals surface area (Å²) in [6, 6.07) is 0. The molecule has 0 saturated carbocycles. The molecule has 0 rings (SSSR count). The minimum Gasteiger partial charge on any atom is -0.462 e. The van der Waals surface area contributed by atoms with Crippen molar-refractivity contribution in [3.63, 3.8) is 0 Å². The Morgan fingerprint density at radius 3 is 0.804 bits per heavy atom. The molecule has 0 aromatic carbocycles. The first-order valence-electron chi connectivity index (χ1n) is 42.7. The van der Waals surface area contributed by atoms with Crippen LogP contribution in [0.5, 0.6) is 0 Å². The summed E-state index contributed by atoms with van der Waals surface area (Å²) in [5.41, 5.74) is 0. The fourth-order valence-electron chi connectivity index (χ4n) is 10.7. The van der Waals surface area contributed by atoms with E-state index in [-0.39, 0.29) is 25.7 Å². The molecule has 5 atom stereocenters. The number of rotatable bonds is 78. The first kappa shape index (κ1) is 106. The van der Waals surface area contributed by atoms with E-state index in [0.717, 1.165) is 135 Å². The Balaban J connectivity index is 5.57. The average Bonchev–Trinajstić information content (AvgIpc) is 0.907. The first-order chi connectivity index (χ1) is 54.7. The average molecular weight is 1600 g/mol. The van der Waals surface area contributed by atoms with Gasteiger partial charge in [-0.15, -0.1) is 0 Å². The van der Waals surface area contributed by atoms with Crippen LogP contribution in [0.15, 0.2) is 194 Å². The van der Waals surface area contributed by atoms with Crippen molar-refractivity contribution in [3.8, 4) is 0 Å². The second-order valence-corrected chi connectivity index (χ2v) is 30.6. The van der Waals surface area contributed by atoms with Crippen LogP contribution in [0.2, 0.25) is 0 Å². The van der Waals surface area contributed by atoms with Crippen LogP contribution in [-0.2, 0) is 65.4 Å². The summed E-state index contributed by atoms with van der Waals surface area (Å²) in [7, 11) is -10.0. The Bertz CT molecular complexity index is 2890. The van der Waals surface area contributed by atoms with E-state index in [1.54, 1.807) is 0 Å². The van der Waals surface area contributed by atoms with Crippen LogP contribution in [-0.4, -0.2) is 96.7 Å². The molecule has 0 radical (unpaired) electrons. The molecule has 0 aliphatic heterocycles. The third-order valence-electron chi connectivity index (χ3n) is 17.1. The molecule has 0 aromatic rings. The first-order valence-corrected chi connectivity index (χ1v) is 45.7. The molecule has 0 aromatic heterocycles. The summed E-state index contributed by atoms with van der Waals surface area (Å²) >= 11 is 0. The molecule has 3 N–H and O–H groups in total. The van der Waals surface area contributed by atoms with Gasteiger partial charge in [0.1, 0.15) is 19.3 Å². The van der Waals surface area contributed by atoms with Crippen molar-refractivity contribution in [2.45, 2.75) is 329 Å². The lowest BCUT2D eigenvalue weighted by molar-refractivity contribution is -0.161. The molecule has 0 bridgehead atoms. The molecule has 634 valence electrons. The van der Waals surface area contributed by atoms with E-state index in [4.69, 9.17) is 37.0 Å². The number of esters is 4. The highest BCUT2D eigenvalue weighted by Gasteiger charge is 2.30. The predicted octanol–water partition coefficient (Wildman–Crippen LogP) is 25.7. The third-order valence-corrected chi connectivity index (χ3v) is 19.0. The fourth-order valence-corrected chi connectivity index (χ4v) is 12.2. The Kier molecular flexibility index (Phi) is 78.4. The van der Waals surface area contributed by atoms with Crippen molar-refractivity contribution in [2.75, 3.05) is 39.6 Å². The van der Waals surface area contributed by atoms with E-state index >= 15 is 0 Å². The van der Waals surface area contributed by atoms with Gasteiger partial charge in [-0.25, -0.2) is 9.13 Å². The van der Waals surface area contributed by atoms with Crippen molar-refractivity contribution in [2.24, 2.45) is 0 Å². The highest BCUT2D eigenvalue weighted by molar-refractivity contribution is 7.47. The van der Waals surface area contributed by atoms with Crippen LogP contribution in [0.4, 0.5) is 0 Å². The van der Waals surface area contributed by atoms with E-state index in [1.165, 1.54) is 83.5 Å². The molecule has 17 nitrogen and oxygen atoms in total. The second kappa shape index (κ2) is 82.9. The number of allylic oxidation sites excluding steroid dienone is 32. The van der Waals surface area contributed by atoms with Crippen molar-refractivity contribution in [3.05, 3.63) is 194 Å². The zero-order valence-electron chi connectivity index (χ0n) is 69.5. The minimum absolute atomic E-state index is 0.0140. The number of carbonyl (C=O) groups is 4. The smallest absolute Gasteiger partial charge is 0.462 e. The molecular weight excluding hydrogens is 1450 g/mol. The molecule has 0 amide bonds. The monoisotopic (exact) mass is 1600 g/mol. The summed E-state index contributed by atoms with van der Waals surface area (Å²) in [5.74, 6) is -2.42. The number of phosphoric acid groups is 2. The number of hydrogen-bond donors (Lipinski definition) is 3. The van der Waals surface area contributed by atoms with E-state index < -0.39 is 97.5 Å². The molecule has 0 fully saturated rings. The maximum absolute atomic E-state index is 13.1. The van der Waals surface area contributed by atoms with Crippen molar-refractivity contribution in [1.29, 1.82) is 0 Å². The van der Waals surface area contributed by atoms with E-state index in [2.05, 4.69) is 186 Å². The van der Waals surface area contributed by atoms with Crippen molar-refractivity contribution >= 4 is 39.5 Å². The summed E-state index contributed by atoms with van der Waals surface area (Å²) in [6.07, 6.45) is 103. The van der Waals surface area contributed by atoms with Gasteiger partial charge in [0, 0.05) is 25.7 Å². The zero-order chi connectivity index (χ0) is 81.7. The quantitative estimate of drug-likeness (QED) is 0.0169.